The highest BCUT2D eigenvalue weighted by molar-refractivity contribution is 6.32. The lowest BCUT2D eigenvalue weighted by molar-refractivity contribution is 0.413. The first kappa shape index (κ1) is 8.89. The van der Waals surface area contributed by atoms with Gasteiger partial charge in [-0.3, -0.25) is 0 Å². The van der Waals surface area contributed by atoms with Crippen LogP contribution >= 0.6 is 11.6 Å². The van der Waals surface area contributed by atoms with Crippen LogP contribution in [-0.4, -0.2) is 7.11 Å². The summed E-state index contributed by atoms with van der Waals surface area (Å²) in [5.41, 5.74) is 1.29. The maximum absolute atomic E-state index is 8.74. The van der Waals surface area contributed by atoms with E-state index in [2.05, 4.69) is 0 Å². The van der Waals surface area contributed by atoms with Crippen molar-refractivity contribution in [3.8, 4) is 11.8 Å². The van der Waals surface area contributed by atoms with E-state index >= 15 is 0 Å². The zero-order chi connectivity index (χ0) is 9.14. The first-order valence-electron chi connectivity index (χ1n) is 3.44. The molecule has 0 aliphatic heterocycles. The molecule has 2 nitrogen and oxygen atoms in total. The first-order valence-corrected chi connectivity index (χ1v) is 3.81. The number of aryl methyl sites for hydroxylation is 1. The second-order valence-electron chi connectivity index (χ2n) is 2.39. The summed E-state index contributed by atoms with van der Waals surface area (Å²) in [6, 6.07) is 5.56. The predicted octanol–water partition coefficient (Wildman–Crippen LogP) is 2.53. The van der Waals surface area contributed by atoms with Gasteiger partial charge in [0.1, 0.15) is 17.4 Å². The van der Waals surface area contributed by atoms with E-state index in [0.29, 0.717) is 16.3 Å². The molecular weight excluding hydrogens is 174 g/mol. The van der Waals surface area contributed by atoms with Gasteiger partial charge < -0.3 is 4.74 Å². The largest absolute Gasteiger partial charge is 0.495 e. The molecule has 3 heteroatoms. The Balaban J connectivity index is 3.38. The number of ether oxygens (including phenoxy) is 1. The molecule has 0 N–H and O–H groups in total. The molecule has 1 rings (SSSR count). The van der Waals surface area contributed by atoms with Crippen molar-refractivity contribution in [3.63, 3.8) is 0 Å². The molecule has 0 spiro atoms. The maximum Gasteiger partial charge on any atom is 0.138 e. The molecule has 0 unspecified atom stereocenters. The highest BCUT2D eigenvalue weighted by Gasteiger charge is 2.08. The highest BCUT2D eigenvalue weighted by atomic mass is 35.5. The number of methoxy groups -OCH3 is 1. The predicted molar refractivity (Wildman–Crippen MR) is 47.5 cm³/mol. The van der Waals surface area contributed by atoms with Gasteiger partial charge in [0, 0.05) is 0 Å². The van der Waals surface area contributed by atoms with Crippen molar-refractivity contribution in [2.75, 3.05) is 7.11 Å². The molecule has 0 aromatic heterocycles. The topological polar surface area (TPSA) is 33.0 Å². The van der Waals surface area contributed by atoms with E-state index in [1.807, 2.05) is 19.1 Å². The van der Waals surface area contributed by atoms with Crippen LogP contribution in [0.2, 0.25) is 5.02 Å². The monoisotopic (exact) mass is 181 g/mol. The quantitative estimate of drug-likeness (QED) is 0.667. The van der Waals surface area contributed by atoms with E-state index in [1.165, 1.54) is 7.11 Å². The molecule has 0 atom stereocenters. The van der Waals surface area contributed by atoms with Crippen LogP contribution in [0.1, 0.15) is 11.1 Å². The van der Waals surface area contributed by atoms with Crippen LogP contribution < -0.4 is 4.74 Å². The number of hydrogen-bond donors (Lipinski definition) is 0. The zero-order valence-corrected chi connectivity index (χ0v) is 7.64. The normalized spacial score (nSPS) is 9.17. The Morgan fingerprint density at radius 3 is 2.67 bits per heavy atom. The number of halogens is 1. The molecule has 0 radical (unpaired) electrons. The molecule has 0 bridgehead atoms. The summed E-state index contributed by atoms with van der Waals surface area (Å²) < 4.78 is 4.97. The summed E-state index contributed by atoms with van der Waals surface area (Å²) in [6.45, 7) is 1.85. The molecule has 12 heavy (non-hydrogen) atoms. The van der Waals surface area contributed by atoms with Gasteiger partial charge in [-0.15, -0.1) is 0 Å². The zero-order valence-electron chi connectivity index (χ0n) is 6.89. The van der Waals surface area contributed by atoms with Crippen LogP contribution in [0.25, 0.3) is 0 Å². The number of benzene rings is 1. The smallest absolute Gasteiger partial charge is 0.138 e. The Hall–Kier alpha value is -1.20. The third-order valence-corrected chi connectivity index (χ3v) is 2.12. The fraction of sp³-hybridized carbons (Fsp3) is 0.222. The van der Waals surface area contributed by atoms with E-state index in [-0.39, 0.29) is 0 Å². The molecule has 1 aromatic rings. The molecule has 62 valence electrons. The lowest BCUT2D eigenvalue weighted by atomic mass is 10.1. The molecule has 0 saturated carbocycles. The molecule has 0 amide bonds. The maximum atomic E-state index is 8.74. The van der Waals surface area contributed by atoms with Crippen LogP contribution in [0.3, 0.4) is 0 Å². The fourth-order valence-electron chi connectivity index (χ4n) is 0.937. The number of nitrogens with zero attached hydrogens (tertiary/aromatic N) is 1. The number of rotatable bonds is 1. The molecule has 0 fully saturated rings. The van der Waals surface area contributed by atoms with E-state index in [9.17, 15) is 0 Å². The standard InChI is InChI=1S/C9H8ClNO/c1-6-3-4-8(12-2)7(5-11)9(6)10/h3-4H,1-2H3. The summed E-state index contributed by atoms with van der Waals surface area (Å²) in [7, 11) is 1.52. The van der Waals surface area contributed by atoms with Gasteiger partial charge in [-0.1, -0.05) is 17.7 Å². The number of nitriles is 1. The van der Waals surface area contributed by atoms with Gasteiger partial charge in [-0.05, 0) is 18.6 Å². The Labute approximate surface area is 76.3 Å². The molecule has 1 aromatic carbocycles. The highest BCUT2D eigenvalue weighted by Crippen LogP contribution is 2.28. The van der Waals surface area contributed by atoms with Crippen LogP contribution in [0, 0.1) is 18.3 Å². The lowest BCUT2D eigenvalue weighted by Gasteiger charge is -2.05. The minimum atomic E-state index is 0.402. The van der Waals surface area contributed by atoms with Crippen LogP contribution in [-0.2, 0) is 0 Å². The summed E-state index contributed by atoms with van der Waals surface area (Å²) in [4.78, 5) is 0. The van der Waals surface area contributed by atoms with Gasteiger partial charge in [-0.2, -0.15) is 5.26 Å². The molecule has 0 aliphatic carbocycles. The van der Waals surface area contributed by atoms with Gasteiger partial charge in [0.05, 0.1) is 12.1 Å². The van der Waals surface area contributed by atoms with E-state index in [1.54, 1.807) is 6.07 Å². The molecule has 0 aliphatic rings. The average molecular weight is 182 g/mol. The van der Waals surface area contributed by atoms with Crippen molar-refractivity contribution < 1.29 is 4.74 Å². The van der Waals surface area contributed by atoms with Crippen molar-refractivity contribution in [3.05, 3.63) is 28.3 Å². The second-order valence-corrected chi connectivity index (χ2v) is 2.76. The van der Waals surface area contributed by atoms with Gasteiger partial charge in [0.25, 0.3) is 0 Å². The second kappa shape index (κ2) is 3.46. The fourth-order valence-corrected chi connectivity index (χ4v) is 1.14. The van der Waals surface area contributed by atoms with Gasteiger partial charge in [0.2, 0.25) is 0 Å². The lowest BCUT2D eigenvalue weighted by Crippen LogP contribution is -1.90. The summed E-state index contributed by atoms with van der Waals surface area (Å²) >= 11 is 5.87. The van der Waals surface area contributed by atoms with Gasteiger partial charge in [0.15, 0.2) is 0 Å². The van der Waals surface area contributed by atoms with Gasteiger partial charge in [-0.25, -0.2) is 0 Å². The van der Waals surface area contributed by atoms with Crippen LogP contribution in [0.15, 0.2) is 12.1 Å². The van der Waals surface area contributed by atoms with E-state index < -0.39 is 0 Å². The average Bonchev–Trinajstić information content (AvgIpc) is 2.09. The third kappa shape index (κ3) is 1.37. The summed E-state index contributed by atoms with van der Waals surface area (Å²) in [6.07, 6.45) is 0. The SMILES string of the molecule is COc1ccc(C)c(Cl)c1C#N. The van der Waals surface area contributed by atoms with Crippen molar-refractivity contribution in [1.82, 2.24) is 0 Å². The van der Waals surface area contributed by atoms with Crippen molar-refractivity contribution in [1.29, 1.82) is 5.26 Å². The Bertz CT molecular complexity index is 341. The minimum absolute atomic E-state index is 0.402. The summed E-state index contributed by atoms with van der Waals surface area (Å²) in [5, 5.41) is 9.21. The minimum Gasteiger partial charge on any atom is -0.495 e. The number of hydrogen-bond acceptors (Lipinski definition) is 2. The molecular formula is C9H8ClNO. The van der Waals surface area contributed by atoms with Crippen LogP contribution in [0.4, 0.5) is 0 Å². The first-order chi connectivity index (χ1) is 5.70. The van der Waals surface area contributed by atoms with Crippen molar-refractivity contribution >= 4 is 11.6 Å². The summed E-state index contributed by atoms with van der Waals surface area (Å²) in [5.74, 6) is 0.521. The van der Waals surface area contributed by atoms with Crippen LogP contribution in [0.5, 0.6) is 5.75 Å². The van der Waals surface area contributed by atoms with Gasteiger partial charge >= 0.3 is 0 Å². The Kier molecular flexibility index (Phi) is 2.57. The molecule has 0 saturated heterocycles. The van der Waals surface area contributed by atoms with Crippen molar-refractivity contribution in [2.45, 2.75) is 6.92 Å². The van der Waals surface area contributed by atoms with E-state index in [0.717, 1.165) is 5.56 Å². The Morgan fingerprint density at radius 2 is 2.17 bits per heavy atom. The molecule has 0 heterocycles. The van der Waals surface area contributed by atoms with Crippen molar-refractivity contribution in [2.24, 2.45) is 0 Å². The third-order valence-electron chi connectivity index (χ3n) is 1.63. The Morgan fingerprint density at radius 1 is 1.50 bits per heavy atom. The van der Waals surface area contributed by atoms with E-state index in [4.69, 9.17) is 21.6 Å².